The number of rotatable bonds is 7. The van der Waals surface area contributed by atoms with Gasteiger partial charge in [0.1, 0.15) is 0 Å². The maximum Gasteiger partial charge on any atom is 0.0779 e. The molecule has 0 aromatic rings. The lowest BCUT2D eigenvalue weighted by Gasteiger charge is -2.13. The van der Waals surface area contributed by atoms with E-state index in [-0.39, 0.29) is 25.4 Å². The molecule has 0 radical (unpaired) electrons. The summed E-state index contributed by atoms with van der Waals surface area (Å²) in [5.74, 6) is 0. The lowest BCUT2D eigenvalue weighted by molar-refractivity contribution is -0.0313. The third-order valence-corrected chi connectivity index (χ3v) is 1.57. The highest BCUT2D eigenvalue weighted by atomic mass is 16.5. The molecule has 0 rings (SSSR count). The molecule has 0 amide bonds. The first-order chi connectivity index (χ1) is 11.4. The average molecular weight is 351 g/mol. The molecule has 2 atom stereocenters. The van der Waals surface area contributed by atoms with E-state index in [2.05, 4.69) is 24.5 Å². The van der Waals surface area contributed by atoms with Gasteiger partial charge in [-0.2, -0.15) is 0 Å². The number of methoxy groups -OCH3 is 2. The van der Waals surface area contributed by atoms with Crippen molar-refractivity contribution in [3.05, 3.63) is 38.0 Å². The van der Waals surface area contributed by atoms with E-state index in [1.165, 1.54) is 0 Å². The molecule has 2 unspecified atom stereocenters. The Morgan fingerprint density at radius 1 is 0.875 bits per heavy atom. The van der Waals surface area contributed by atoms with E-state index < -0.39 is 0 Å². The molecule has 24 heavy (non-hydrogen) atoms. The lowest BCUT2D eigenvalue weighted by Crippen LogP contribution is -2.21. The van der Waals surface area contributed by atoms with Crippen molar-refractivity contribution in [3.63, 3.8) is 0 Å². The summed E-state index contributed by atoms with van der Waals surface area (Å²) < 4.78 is 14.5. The highest BCUT2D eigenvalue weighted by molar-refractivity contribution is 4.52. The van der Waals surface area contributed by atoms with Crippen LogP contribution in [0.2, 0.25) is 0 Å². The van der Waals surface area contributed by atoms with E-state index in [9.17, 15) is 0 Å². The number of allylic oxidation sites excluding steroid dienone is 3. The molecule has 0 fully saturated rings. The summed E-state index contributed by atoms with van der Waals surface area (Å²) in [4.78, 5) is 0. The van der Waals surface area contributed by atoms with Crippen LogP contribution in [0, 0.1) is 0 Å². The highest BCUT2D eigenvalue weighted by Crippen LogP contribution is 1.93. The van der Waals surface area contributed by atoms with Crippen molar-refractivity contribution in [2.24, 2.45) is 0 Å². The predicted molar refractivity (Wildman–Crippen MR) is 106 cm³/mol. The van der Waals surface area contributed by atoms with Crippen LogP contribution in [0.5, 0.6) is 0 Å². The Hall–Kier alpha value is -0.980. The zero-order valence-corrected chi connectivity index (χ0v) is 17.0. The van der Waals surface area contributed by atoms with Crippen molar-refractivity contribution in [2.45, 2.75) is 46.8 Å². The van der Waals surface area contributed by atoms with Gasteiger partial charge in [0.2, 0.25) is 0 Å². The topological polar surface area (TPSA) is 68.2 Å². The molecule has 2 N–H and O–H groups in total. The number of aliphatic hydroxyl groups is 2. The highest BCUT2D eigenvalue weighted by Gasteiger charge is 2.03. The summed E-state index contributed by atoms with van der Waals surface area (Å²) >= 11 is 0. The van der Waals surface area contributed by atoms with Crippen molar-refractivity contribution in [1.82, 2.24) is 0 Å². The zero-order chi connectivity index (χ0) is 20.2. The van der Waals surface area contributed by atoms with Gasteiger partial charge in [-0.25, -0.2) is 0 Å². The molecule has 148 valence electrons. The Labute approximate surface area is 150 Å². The van der Waals surface area contributed by atoms with Crippen LogP contribution >= 0.6 is 0 Å². The van der Waals surface area contributed by atoms with Gasteiger partial charge >= 0.3 is 0 Å². The number of aliphatic hydroxyl groups excluding tert-OH is 2. The van der Waals surface area contributed by atoms with Gasteiger partial charge in [0.05, 0.1) is 38.6 Å². The van der Waals surface area contributed by atoms with E-state index >= 15 is 0 Å². The molecule has 0 saturated heterocycles. The molecule has 0 aromatic carbocycles. The van der Waals surface area contributed by atoms with Crippen molar-refractivity contribution in [3.8, 4) is 0 Å². The molecule has 5 nitrogen and oxygen atoms in total. The Morgan fingerprint density at radius 3 is 1.42 bits per heavy atom. The summed E-state index contributed by atoms with van der Waals surface area (Å²) in [5.41, 5.74) is 0. The minimum absolute atomic E-state index is 0.0659. The third-order valence-electron chi connectivity index (χ3n) is 1.57. The van der Waals surface area contributed by atoms with E-state index in [0.29, 0.717) is 13.2 Å². The maximum atomic E-state index is 8.55. The van der Waals surface area contributed by atoms with Crippen LogP contribution in [0.15, 0.2) is 38.0 Å². The number of ether oxygens (including phenoxy) is 3. The van der Waals surface area contributed by atoms with Gasteiger partial charge < -0.3 is 24.4 Å². The maximum absolute atomic E-state index is 8.55. The van der Waals surface area contributed by atoms with Crippen molar-refractivity contribution in [1.29, 1.82) is 0 Å². The van der Waals surface area contributed by atoms with Gasteiger partial charge in [0.15, 0.2) is 0 Å². The SMILES string of the molecule is C=CC.C=CC.C=CC.COC(C)COC(C)CO.COCCO. The fourth-order valence-corrected chi connectivity index (χ4v) is 0.512. The largest absolute Gasteiger partial charge is 0.394 e. The molecule has 0 spiro atoms. The second-order valence-electron chi connectivity index (χ2n) is 4.31. The first kappa shape index (κ1) is 34.4. The van der Waals surface area contributed by atoms with Gasteiger partial charge in [0.25, 0.3) is 0 Å². The van der Waals surface area contributed by atoms with Crippen LogP contribution in [-0.4, -0.2) is 63.1 Å². The molecule has 0 aliphatic heterocycles. The lowest BCUT2D eigenvalue weighted by atomic mass is 10.4. The fourth-order valence-electron chi connectivity index (χ4n) is 0.512. The molecule has 0 heterocycles. The standard InChI is InChI=1S/C7H16O3.C3H8O2.3C3H6/c1-6(4-8)10-5-7(2)9-3;1-5-3-2-4;3*1-3-2/h6-8H,4-5H2,1-3H3;4H,2-3H2,1H3;3*3H,1H2,2H3. The summed E-state index contributed by atoms with van der Waals surface area (Å²) in [6, 6.07) is 0. The minimum Gasteiger partial charge on any atom is -0.394 e. The molecule has 0 bridgehead atoms. The Bertz CT molecular complexity index is 182. The van der Waals surface area contributed by atoms with Crippen LogP contribution in [0.1, 0.15) is 34.6 Å². The Morgan fingerprint density at radius 2 is 1.25 bits per heavy atom. The van der Waals surface area contributed by atoms with Crippen LogP contribution in [0.25, 0.3) is 0 Å². The van der Waals surface area contributed by atoms with Gasteiger partial charge in [-0.05, 0) is 34.6 Å². The number of hydrogen-bond acceptors (Lipinski definition) is 5. The normalized spacial score (nSPS) is 10.4. The monoisotopic (exact) mass is 350 g/mol. The van der Waals surface area contributed by atoms with Crippen LogP contribution in [-0.2, 0) is 14.2 Å². The van der Waals surface area contributed by atoms with Crippen molar-refractivity contribution >= 4 is 0 Å². The average Bonchev–Trinajstić information content (AvgIpc) is 2.55. The van der Waals surface area contributed by atoms with E-state index in [0.717, 1.165) is 0 Å². The van der Waals surface area contributed by atoms with Crippen molar-refractivity contribution < 1.29 is 24.4 Å². The zero-order valence-electron chi connectivity index (χ0n) is 17.0. The Balaban J connectivity index is -0.0000000721. The molecule has 0 aromatic heterocycles. The summed E-state index contributed by atoms with van der Waals surface area (Å²) in [7, 11) is 3.19. The van der Waals surface area contributed by atoms with E-state index in [4.69, 9.17) is 19.7 Å². The van der Waals surface area contributed by atoms with E-state index in [1.807, 2.05) is 34.6 Å². The summed E-state index contributed by atoms with van der Waals surface area (Å²) in [5, 5.41) is 16.5. The van der Waals surface area contributed by atoms with Crippen LogP contribution in [0.4, 0.5) is 0 Å². The predicted octanol–water partition coefficient (Wildman–Crippen LogP) is 3.62. The smallest absolute Gasteiger partial charge is 0.0779 e. The minimum atomic E-state index is -0.0856. The van der Waals surface area contributed by atoms with Gasteiger partial charge in [-0.3, -0.25) is 0 Å². The van der Waals surface area contributed by atoms with Gasteiger partial charge in [-0.1, -0.05) is 18.2 Å². The second-order valence-corrected chi connectivity index (χ2v) is 4.31. The molecule has 0 aliphatic carbocycles. The van der Waals surface area contributed by atoms with Crippen molar-refractivity contribution in [2.75, 3.05) is 40.6 Å². The molecule has 0 saturated carbocycles. The first-order valence-electron chi connectivity index (χ1n) is 7.93. The summed E-state index contributed by atoms with van der Waals surface area (Å²) in [6.07, 6.45) is 5.27. The van der Waals surface area contributed by atoms with E-state index in [1.54, 1.807) is 32.4 Å². The first-order valence-corrected chi connectivity index (χ1v) is 7.93. The molecular weight excluding hydrogens is 308 g/mol. The summed E-state index contributed by atoms with van der Waals surface area (Å²) in [6.45, 7) is 20.7. The van der Waals surface area contributed by atoms with Crippen LogP contribution < -0.4 is 0 Å². The van der Waals surface area contributed by atoms with Gasteiger partial charge in [-0.15, -0.1) is 19.7 Å². The second kappa shape index (κ2) is 43.1. The number of hydrogen-bond donors (Lipinski definition) is 2. The van der Waals surface area contributed by atoms with Gasteiger partial charge in [0, 0.05) is 14.2 Å². The molecular formula is C19H42O5. The molecule has 5 heteroatoms. The Kier molecular flexibility index (Phi) is 61.8. The molecule has 0 aliphatic rings. The fraction of sp³-hybridized carbons (Fsp3) is 0.684. The third kappa shape index (κ3) is 83.9. The quantitative estimate of drug-likeness (QED) is 0.686. The van der Waals surface area contributed by atoms with Crippen LogP contribution in [0.3, 0.4) is 0 Å².